The highest BCUT2D eigenvalue weighted by Crippen LogP contribution is 2.29. The highest BCUT2D eigenvalue weighted by Gasteiger charge is 2.20. The molecule has 1 heterocycles. The molecule has 116 valence electrons. The first-order valence-electron chi connectivity index (χ1n) is 8.23. The predicted molar refractivity (Wildman–Crippen MR) is 88.6 cm³/mol. The molecule has 1 aliphatic rings. The van der Waals surface area contributed by atoms with Gasteiger partial charge in [-0.1, -0.05) is 32.9 Å². The van der Waals surface area contributed by atoms with Gasteiger partial charge in [0.2, 0.25) is 5.91 Å². The lowest BCUT2D eigenvalue weighted by Gasteiger charge is -2.32. The van der Waals surface area contributed by atoms with E-state index in [-0.39, 0.29) is 11.8 Å². The standard InChI is InChI=1S/C18H28N2O/c1-4-10-20-11-8-15(9-12-20)16-6-5-7-17(13-16)19-18(21)14(2)3/h5-7,13-15H,4,8-12H2,1-3H3,(H,19,21). The van der Waals surface area contributed by atoms with Gasteiger partial charge in [0, 0.05) is 11.6 Å². The number of amides is 1. The van der Waals surface area contributed by atoms with Crippen molar-refractivity contribution in [3.8, 4) is 0 Å². The Labute approximate surface area is 128 Å². The minimum atomic E-state index is 0.0194. The molecule has 1 amide bonds. The van der Waals surface area contributed by atoms with E-state index in [0.29, 0.717) is 5.92 Å². The Morgan fingerprint density at radius 1 is 1.33 bits per heavy atom. The predicted octanol–water partition coefficient (Wildman–Crippen LogP) is 3.87. The summed E-state index contributed by atoms with van der Waals surface area (Å²) in [5.41, 5.74) is 2.30. The number of hydrogen-bond acceptors (Lipinski definition) is 2. The molecule has 3 heteroatoms. The molecule has 0 aliphatic carbocycles. The molecule has 0 spiro atoms. The number of carbonyl (C=O) groups is 1. The molecule has 1 aliphatic heterocycles. The van der Waals surface area contributed by atoms with E-state index in [1.807, 2.05) is 19.9 Å². The van der Waals surface area contributed by atoms with Crippen molar-refractivity contribution in [2.24, 2.45) is 5.92 Å². The number of nitrogens with one attached hydrogen (secondary N) is 1. The van der Waals surface area contributed by atoms with Crippen LogP contribution in [0, 0.1) is 5.92 Å². The maximum Gasteiger partial charge on any atom is 0.226 e. The van der Waals surface area contributed by atoms with Crippen LogP contribution in [0.2, 0.25) is 0 Å². The number of carbonyl (C=O) groups excluding carboxylic acids is 1. The highest BCUT2D eigenvalue weighted by molar-refractivity contribution is 5.92. The fourth-order valence-corrected chi connectivity index (χ4v) is 2.96. The third-order valence-electron chi connectivity index (χ3n) is 4.28. The fraction of sp³-hybridized carbons (Fsp3) is 0.611. The second-order valence-corrected chi connectivity index (χ2v) is 6.39. The summed E-state index contributed by atoms with van der Waals surface area (Å²) < 4.78 is 0. The van der Waals surface area contributed by atoms with Crippen molar-refractivity contribution < 1.29 is 4.79 Å². The topological polar surface area (TPSA) is 32.3 Å². The van der Waals surface area contributed by atoms with Crippen LogP contribution in [0.1, 0.15) is 51.5 Å². The van der Waals surface area contributed by atoms with Crippen LogP contribution in [-0.2, 0) is 4.79 Å². The lowest BCUT2D eigenvalue weighted by atomic mass is 9.89. The zero-order valence-electron chi connectivity index (χ0n) is 13.6. The second-order valence-electron chi connectivity index (χ2n) is 6.39. The minimum absolute atomic E-state index is 0.0194. The van der Waals surface area contributed by atoms with Crippen molar-refractivity contribution in [1.29, 1.82) is 0 Å². The first-order valence-corrected chi connectivity index (χ1v) is 8.23. The molecule has 0 atom stereocenters. The van der Waals surface area contributed by atoms with Crippen molar-refractivity contribution >= 4 is 11.6 Å². The Balaban J connectivity index is 1.97. The fourth-order valence-electron chi connectivity index (χ4n) is 2.96. The monoisotopic (exact) mass is 288 g/mol. The van der Waals surface area contributed by atoms with Crippen molar-refractivity contribution in [2.45, 2.75) is 46.0 Å². The van der Waals surface area contributed by atoms with Crippen LogP contribution in [0.3, 0.4) is 0 Å². The highest BCUT2D eigenvalue weighted by atomic mass is 16.1. The van der Waals surface area contributed by atoms with Gasteiger partial charge in [-0.3, -0.25) is 4.79 Å². The van der Waals surface area contributed by atoms with E-state index in [2.05, 4.69) is 35.3 Å². The Morgan fingerprint density at radius 3 is 2.67 bits per heavy atom. The number of nitrogens with zero attached hydrogens (tertiary/aromatic N) is 1. The molecule has 1 saturated heterocycles. The van der Waals surface area contributed by atoms with E-state index in [9.17, 15) is 4.79 Å². The molecule has 1 fully saturated rings. The molecule has 3 nitrogen and oxygen atoms in total. The van der Waals surface area contributed by atoms with E-state index in [0.717, 1.165) is 5.69 Å². The Kier molecular flexibility index (Phi) is 5.80. The summed E-state index contributed by atoms with van der Waals surface area (Å²) in [7, 11) is 0. The van der Waals surface area contributed by atoms with Crippen molar-refractivity contribution in [1.82, 2.24) is 4.90 Å². The SMILES string of the molecule is CCCN1CCC(c2cccc(NC(=O)C(C)C)c2)CC1. The van der Waals surface area contributed by atoms with Crippen molar-refractivity contribution in [2.75, 3.05) is 25.0 Å². The molecule has 0 saturated carbocycles. The summed E-state index contributed by atoms with van der Waals surface area (Å²) >= 11 is 0. The maximum atomic E-state index is 11.8. The van der Waals surface area contributed by atoms with Gasteiger partial charge in [0.1, 0.15) is 0 Å². The summed E-state index contributed by atoms with van der Waals surface area (Å²) in [5, 5.41) is 3.00. The van der Waals surface area contributed by atoms with Crippen LogP contribution in [0.15, 0.2) is 24.3 Å². The first-order chi connectivity index (χ1) is 10.1. The lowest BCUT2D eigenvalue weighted by molar-refractivity contribution is -0.118. The zero-order valence-corrected chi connectivity index (χ0v) is 13.6. The molecule has 1 N–H and O–H groups in total. The molecule has 0 bridgehead atoms. The summed E-state index contributed by atoms with van der Waals surface area (Å²) in [6, 6.07) is 8.39. The number of rotatable bonds is 5. The van der Waals surface area contributed by atoms with Crippen LogP contribution in [-0.4, -0.2) is 30.4 Å². The Morgan fingerprint density at radius 2 is 2.05 bits per heavy atom. The van der Waals surface area contributed by atoms with Gasteiger partial charge in [0.25, 0.3) is 0 Å². The quantitative estimate of drug-likeness (QED) is 0.892. The molecular weight excluding hydrogens is 260 g/mol. The van der Waals surface area contributed by atoms with Gasteiger partial charge < -0.3 is 10.2 Å². The van der Waals surface area contributed by atoms with Crippen LogP contribution in [0.4, 0.5) is 5.69 Å². The molecule has 21 heavy (non-hydrogen) atoms. The smallest absolute Gasteiger partial charge is 0.226 e. The third-order valence-corrected chi connectivity index (χ3v) is 4.28. The summed E-state index contributed by atoms with van der Waals surface area (Å²) in [5.74, 6) is 0.741. The molecule has 0 aromatic heterocycles. The first kappa shape index (κ1) is 16.0. The molecular formula is C18H28N2O. The number of hydrogen-bond donors (Lipinski definition) is 1. The third kappa shape index (κ3) is 4.57. The normalized spacial score (nSPS) is 17.1. The summed E-state index contributed by atoms with van der Waals surface area (Å²) in [6.45, 7) is 9.69. The van der Waals surface area contributed by atoms with E-state index >= 15 is 0 Å². The van der Waals surface area contributed by atoms with Crippen molar-refractivity contribution in [3.05, 3.63) is 29.8 Å². The second kappa shape index (κ2) is 7.60. The van der Waals surface area contributed by atoms with Gasteiger partial charge in [-0.05, 0) is 62.5 Å². The average Bonchev–Trinajstić information content (AvgIpc) is 2.48. The summed E-state index contributed by atoms with van der Waals surface area (Å²) in [4.78, 5) is 14.4. The van der Waals surface area contributed by atoms with Crippen LogP contribution >= 0.6 is 0 Å². The van der Waals surface area contributed by atoms with E-state index < -0.39 is 0 Å². The molecule has 1 aromatic rings. The number of anilines is 1. The number of piperidine rings is 1. The van der Waals surface area contributed by atoms with Gasteiger partial charge in [-0.15, -0.1) is 0 Å². The van der Waals surface area contributed by atoms with Crippen LogP contribution in [0.5, 0.6) is 0 Å². The lowest BCUT2D eigenvalue weighted by Crippen LogP contribution is -2.33. The van der Waals surface area contributed by atoms with Gasteiger partial charge in [0.15, 0.2) is 0 Å². The van der Waals surface area contributed by atoms with E-state index in [4.69, 9.17) is 0 Å². The van der Waals surface area contributed by atoms with Crippen LogP contribution in [0.25, 0.3) is 0 Å². The van der Waals surface area contributed by atoms with Gasteiger partial charge in [-0.25, -0.2) is 0 Å². The van der Waals surface area contributed by atoms with Gasteiger partial charge in [-0.2, -0.15) is 0 Å². The largest absolute Gasteiger partial charge is 0.326 e. The zero-order chi connectivity index (χ0) is 15.2. The molecule has 0 unspecified atom stereocenters. The summed E-state index contributed by atoms with van der Waals surface area (Å²) in [6.07, 6.45) is 3.69. The number of likely N-dealkylation sites (tertiary alicyclic amines) is 1. The Hall–Kier alpha value is -1.35. The average molecular weight is 288 g/mol. The van der Waals surface area contributed by atoms with Crippen molar-refractivity contribution in [3.63, 3.8) is 0 Å². The maximum absolute atomic E-state index is 11.8. The van der Waals surface area contributed by atoms with E-state index in [1.54, 1.807) is 0 Å². The minimum Gasteiger partial charge on any atom is -0.326 e. The Bertz CT molecular complexity index is 462. The molecule has 2 rings (SSSR count). The number of benzene rings is 1. The molecule has 1 aromatic carbocycles. The van der Waals surface area contributed by atoms with Gasteiger partial charge >= 0.3 is 0 Å². The van der Waals surface area contributed by atoms with Crippen LogP contribution < -0.4 is 5.32 Å². The molecule has 0 radical (unpaired) electrons. The van der Waals surface area contributed by atoms with Gasteiger partial charge in [0.05, 0.1) is 0 Å². The van der Waals surface area contributed by atoms with E-state index in [1.165, 1.54) is 44.5 Å².